The lowest BCUT2D eigenvalue weighted by Gasteiger charge is -2.16. The van der Waals surface area contributed by atoms with Crippen LogP contribution in [0.3, 0.4) is 0 Å². The summed E-state index contributed by atoms with van der Waals surface area (Å²) in [6, 6.07) is 0. The van der Waals surface area contributed by atoms with E-state index in [2.05, 4.69) is 21.4 Å². The van der Waals surface area contributed by atoms with Gasteiger partial charge in [0.15, 0.2) is 18.2 Å². The second-order valence-electron chi connectivity index (χ2n) is 7.16. The molecule has 13 nitrogen and oxygen atoms in total. The average molecular weight is 526 g/mol. The third-order valence-electron chi connectivity index (χ3n) is 4.81. The van der Waals surface area contributed by atoms with E-state index in [1.54, 1.807) is 0 Å². The Bertz CT molecular complexity index is 916. The Labute approximate surface area is 197 Å². The first-order valence-corrected chi connectivity index (χ1v) is 13.9. The lowest BCUT2D eigenvalue weighted by Crippen LogP contribution is -2.41. The molecule has 1 fully saturated rings. The van der Waals surface area contributed by atoms with Crippen LogP contribution in [0.25, 0.3) is 5.70 Å². The van der Waals surface area contributed by atoms with Gasteiger partial charge in [-0.3, -0.25) is 13.6 Å². The standard InChI is InChI=1S/C17H29N5O8P2S/c1-12-15-16(20-17(18)19-12)22(11-21(15)2)14-5-4-13(30-14)10-28-31(23)27-6-8-33-9-7-29-32(24,25)26-3/h11,13-14,23H,1,4-10H2,2-3H3,(H3-,18,19,20,24,25)/p+1. The van der Waals surface area contributed by atoms with Gasteiger partial charge < -0.3 is 34.6 Å². The number of nitrogens with one attached hydrogen (secondary N) is 1. The number of phosphoric ester groups is 1. The highest BCUT2D eigenvalue weighted by molar-refractivity contribution is 7.99. The minimum atomic E-state index is -3.93. The van der Waals surface area contributed by atoms with Gasteiger partial charge in [0.2, 0.25) is 0 Å². The van der Waals surface area contributed by atoms with Crippen molar-refractivity contribution >= 4 is 45.7 Å². The Morgan fingerprint density at radius 3 is 2.97 bits per heavy atom. The maximum Gasteiger partial charge on any atom is 0.471 e. The molecule has 186 valence electrons. The van der Waals surface area contributed by atoms with Gasteiger partial charge in [-0.1, -0.05) is 11.6 Å². The van der Waals surface area contributed by atoms with Gasteiger partial charge >= 0.3 is 22.2 Å². The number of guanidine groups is 1. The van der Waals surface area contributed by atoms with E-state index < -0.39 is 16.4 Å². The van der Waals surface area contributed by atoms with Crippen LogP contribution in [0.2, 0.25) is 0 Å². The number of aliphatic imine (C=N–C) groups is 1. The van der Waals surface area contributed by atoms with E-state index in [0.717, 1.165) is 25.6 Å². The summed E-state index contributed by atoms with van der Waals surface area (Å²) < 4.78 is 40.8. The normalized spacial score (nSPS) is 23.0. The molecule has 16 heteroatoms. The molecule has 5 N–H and O–H groups in total. The molecule has 3 rings (SSSR count). The summed E-state index contributed by atoms with van der Waals surface area (Å²) in [4.78, 5) is 23.4. The van der Waals surface area contributed by atoms with Gasteiger partial charge in [-0.15, -0.1) is 0 Å². The van der Waals surface area contributed by atoms with Crippen molar-refractivity contribution in [3.8, 4) is 0 Å². The Balaban J connectivity index is 1.34. The number of nitrogens with zero attached hydrogens (tertiary/aromatic N) is 3. The van der Waals surface area contributed by atoms with Crippen LogP contribution < -0.4 is 15.6 Å². The zero-order valence-corrected chi connectivity index (χ0v) is 21.1. The van der Waals surface area contributed by atoms with Crippen LogP contribution in [0.1, 0.15) is 24.8 Å². The monoisotopic (exact) mass is 526 g/mol. The molecule has 2 aliphatic heterocycles. The van der Waals surface area contributed by atoms with Gasteiger partial charge in [0, 0.05) is 25.0 Å². The molecule has 1 aromatic heterocycles. The van der Waals surface area contributed by atoms with Crippen LogP contribution in [0.4, 0.5) is 5.82 Å². The first-order valence-electron chi connectivity index (χ1n) is 10.1. The van der Waals surface area contributed by atoms with E-state index in [-0.39, 0.29) is 38.1 Å². The number of hydrogen-bond donors (Lipinski definition) is 4. The number of phosphoric acid groups is 1. The number of aromatic nitrogens is 2. The number of nitrogens with two attached hydrogens (primary N) is 1. The van der Waals surface area contributed by atoms with Crippen LogP contribution in [-0.2, 0) is 34.4 Å². The first-order chi connectivity index (χ1) is 15.7. The predicted molar refractivity (Wildman–Crippen MR) is 123 cm³/mol. The van der Waals surface area contributed by atoms with E-state index in [1.807, 2.05) is 22.5 Å². The fourth-order valence-corrected chi connectivity index (χ4v) is 5.24. The van der Waals surface area contributed by atoms with E-state index in [1.165, 1.54) is 11.8 Å². The molecule has 4 unspecified atom stereocenters. The van der Waals surface area contributed by atoms with Crippen molar-refractivity contribution in [2.45, 2.75) is 25.2 Å². The lowest BCUT2D eigenvalue weighted by atomic mass is 10.2. The smallest absolute Gasteiger partial charge is 0.355 e. The Morgan fingerprint density at radius 2 is 2.21 bits per heavy atom. The highest BCUT2D eigenvalue weighted by Gasteiger charge is 2.36. The molecule has 0 aliphatic carbocycles. The van der Waals surface area contributed by atoms with Gasteiger partial charge in [-0.25, -0.2) is 9.13 Å². The van der Waals surface area contributed by atoms with Gasteiger partial charge in [0.25, 0.3) is 5.96 Å². The molecule has 0 aromatic carbocycles. The highest BCUT2D eigenvalue weighted by atomic mass is 32.2. The van der Waals surface area contributed by atoms with Crippen LogP contribution in [0.15, 0.2) is 17.9 Å². The van der Waals surface area contributed by atoms with E-state index in [4.69, 9.17) is 28.9 Å². The average Bonchev–Trinajstić information content (AvgIpc) is 3.35. The quantitative estimate of drug-likeness (QED) is 0.166. The molecule has 1 aromatic rings. The minimum Gasteiger partial charge on any atom is -0.355 e. The van der Waals surface area contributed by atoms with E-state index >= 15 is 0 Å². The predicted octanol–water partition coefficient (Wildman–Crippen LogP) is 1.26. The zero-order chi connectivity index (χ0) is 24.0. The van der Waals surface area contributed by atoms with Crippen LogP contribution in [0, 0.1) is 0 Å². The van der Waals surface area contributed by atoms with Crippen molar-refractivity contribution in [3.05, 3.63) is 18.6 Å². The van der Waals surface area contributed by atoms with Crippen LogP contribution in [0.5, 0.6) is 0 Å². The van der Waals surface area contributed by atoms with Crippen LogP contribution >= 0.6 is 28.2 Å². The number of fused-ring (bicyclic) bond motifs is 1. The van der Waals surface area contributed by atoms with Crippen molar-refractivity contribution in [2.24, 2.45) is 17.8 Å². The number of imidazole rings is 1. The molecule has 33 heavy (non-hydrogen) atoms. The van der Waals surface area contributed by atoms with Gasteiger partial charge in [-0.2, -0.15) is 11.8 Å². The summed E-state index contributed by atoms with van der Waals surface area (Å²) in [7, 11) is -2.95. The summed E-state index contributed by atoms with van der Waals surface area (Å²) in [6.45, 7) is 4.54. The molecule has 0 bridgehead atoms. The van der Waals surface area contributed by atoms with Crippen molar-refractivity contribution in [1.29, 1.82) is 0 Å². The topological polar surface area (TPSA) is 163 Å². The van der Waals surface area contributed by atoms with Gasteiger partial charge in [-0.05, 0) is 6.42 Å². The number of aryl methyl sites for hydroxylation is 1. The maximum absolute atomic E-state index is 11.1. The number of rotatable bonds is 13. The third-order valence-corrected chi connectivity index (χ3v) is 7.46. The summed E-state index contributed by atoms with van der Waals surface area (Å²) in [6.07, 6.45) is 3.00. The molecule has 1 saturated heterocycles. The van der Waals surface area contributed by atoms with E-state index in [0.29, 0.717) is 23.0 Å². The minimum absolute atomic E-state index is 0.0714. The third kappa shape index (κ3) is 7.46. The highest BCUT2D eigenvalue weighted by Crippen LogP contribution is 2.42. The largest absolute Gasteiger partial charge is 0.471 e. The first kappa shape index (κ1) is 26.6. The second kappa shape index (κ2) is 12.1. The lowest BCUT2D eigenvalue weighted by molar-refractivity contribution is -0.747. The molecular formula is C17H30N5O8P2S+. The molecule has 0 radical (unpaired) electrons. The summed E-state index contributed by atoms with van der Waals surface area (Å²) in [5.41, 5.74) is 7.36. The molecular weight excluding hydrogens is 496 g/mol. The maximum atomic E-state index is 11.1. The van der Waals surface area contributed by atoms with Crippen molar-refractivity contribution in [3.63, 3.8) is 0 Å². The fraction of sp³-hybridized carbons (Fsp3) is 0.647. The Kier molecular flexibility index (Phi) is 9.72. The number of thioether (sulfide) groups is 1. The summed E-state index contributed by atoms with van der Waals surface area (Å²) in [5.74, 6) is 2.02. The Hall–Kier alpha value is -1.05. The van der Waals surface area contributed by atoms with E-state index in [9.17, 15) is 9.46 Å². The summed E-state index contributed by atoms with van der Waals surface area (Å²) >= 11 is 1.45. The molecule has 4 atom stereocenters. The number of hydrogen-bond acceptors (Lipinski definition) is 11. The molecule has 0 spiro atoms. The molecule has 0 saturated carbocycles. The van der Waals surface area contributed by atoms with Crippen molar-refractivity contribution in [2.75, 3.05) is 38.4 Å². The van der Waals surface area contributed by atoms with Crippen LogP contribution in [-0.4, -0.2) is 64.9 Å². The second-order valence-corrected chi connectivity index (χ2v) is 10.9. The zero-order valence-electron chi connectivity index (χ0n) is 18.5. The fourth-order valence-electron chi connectivity index (χ4n) is 3.34. The van der Waals surface area contributed by atoms with Crippen molar-refractivity contribution in [1.82, 2.24) is 9.88 Å². The van der Waals surface area contributed by atoms with Crippen molar-refractivity contribution < 1.29 is 41.8 Å². The van der Waals surface area contributed by atoms with Gasteiger partial charge in [0.1, 0.15) is 0 Å². The molecule has 0 amide bonds. The molecule has 2 aliphatic rings. The SMILES string of the molecule is C=C1NC(N)=Nc2c1n(C)c[n+]2C1CCC(COP(O)OCCSCCOP(=O)(O)OC)O1. The van der Waals surface area contributed by atoms with Gasteiger partial charge in [0.05, 0.1) is 38.7 Å². The summed E-state index contributed by atoms with van der Waals surface area (Å²) in [5, 5.41) is 2.93. The molecule has 3 heterocycles. The Morgan fingerprint density at radius 1 is 1.45 bits per heavy atom. The number of ether oxygens (including phenoxy) is 1.